The molecule has 0 unspecified atom stereocenters. The minimum atomic E-state index is -0.470. The van der Waals surface area contributed by atoms with Crippen molar-refractivity contribution in [2.45, 2.75) is 6.92 Å². The molecule has 1 aromatic heterocycles. The number of aromatic nitrogens is 1. The second kappa shape index (κ2) is 7.00. The molecular weight excluding hydrogens is 306 g/mol. The van der Waals surface area contributed by atoms with Crippen LogP contribution in [0.25, 0.3) is 10.9 Å². The Hall–Kier alpha value is -3.08. The van der Waals surface area contributed by atoms with E-state index in [0.29, 0.717) is 23.6 Å². The third-order valence-electron chi connectivity index (χ3n) is 3.45. The fraction of sp³-hybridized carbons (Fsp3) is 0.158. The van der Waals surface area contributed by atoms with Crippen LogP contribution in [0.1, 0.15) is 17.4 Å². The van der Waals surface area contributed by atoms with Crippen LogP contribution in [0.4, 0.5) is 0 Å². The van der Waals surface area contributed by atoms with E-state index in [9.17, 15) is 4.79 Å². The Morgan fingerprint density at radius 2 is 1.75 bits per heavy atom. The monoisotopic (exact) mass is 323 g/mol. The molecule has 3 aromatic rings. The second-order valence-corrected chi connectivity index (χ2v) is 5.02. The summed E-state index contributed by atoms with van der Waals surface area (Å²) in [4.78, 5) is 16.4. The average molecular weight is 323 g/mol. The third kappa shape index (κ3) is 3.30. The molecule has 0 saturated carbocycles. The number of rotatable bonds is 5. The second-order valence-electron chi connectivity index (χ2n) is 5.02. The molecule has 24 heavy (non-hydrogen) atoms. The van der Waals surface area contributed by atoms with Gasteiger partial charge in [0.25, 0.3) is 0 Å². The highest BCUT2D eigenvalue weighted by Crippen LogP contribution is 2.31. The van der Waals surface area contributed by atoms with E-state index in [1.165, 1.54) is 0 Å². The molecule has 0 aliphatic heterocycles. The minimum absolute atomic E-state index is 0.221. The highest BCUT2D eigenvalue weighted by atomic mass is 16.5. The number of carbonyl (C=O) groups is 1. The van der Waals surface area contributed by atoms with Crippen LogP contribution in [0, 0.1) is 0 Å². The van der Waals surface area contributed by atoms with Gasteiger partial charge in [0.05, 0.1) is 19.2 Å². The van der Waals surface area contributed by atoms with Gasteiger partial charge in [-0.15, -0.1) is 0 Å². The van der Waals surface area contributed by atoms with Crippen LogP contribution >= 0.6 is 0 Å². The third-order valence-corrected chi connectivity index (χ3v) is 3.45. The summed E-state index contributed by atoms with van der Waals surface area (Å²) >= 11 is 0. The zero-order valence-electron chi connectivity index (χ0n) is 13.5. The predicted octanol–water partition coefficient (Wildman–Crippen LogP) is 4.21. The lowest BCUT2D eigenvalue weighted by Crippen LogP contribution is -2.07. The predicted molar refractivity (Wildman–Crippen MR) is 90.8 cm³/mol. The largest absolute Gasteiger partial charge is 0.497 e. The Morgan fingerprint density at radius 1 is 1.04 bits per heavy atom. The summed E-state index contributed by atoms with van der Waals surface area (Å²) in [6.45, 7) is 2.05. The van der Waals surface area contributed by atoms with Gasteiger partial charge in [0.15, 0.2) is 5.69 Å². The maximum atomic E-state index is 12.0. The first kappa shape index (κ1) is 15.8. The number of esters is 1. The fourth-order valence-corrected chi connectivity index (χ4v) is 2.31. The van der Waals surface area contributed by atoms with Crippen LogP contribution in [0.2, 0.25) is 0 Å². The summed E-state index contributed by atoms with van der Waals surface area (Å²) in [6, 6.07) is 16.3. The highest BCUT2D eigenvalue weighted by molar-refractivity contribution is 5.94. The number of fused-ring (bicyclic) bond motifs is 1. The van der Waals surface area contributed by atoms with Crippen molar-refractivity contribution in [3.05, 3.63) is 60.3 Å². The smallest absolute Gasteiger partial charge is 0.357 e. The number of carbonyl (C=O) groups excluding carboxylic acids is 1. The lowest BCUT2D eigenvalue weighted by atomic mass is 10.2. The van der Waals surface area contributed by atoms with E-state index in [1.54, 1.807) is 32.2 Å². The van der Waals surface area contributed by atoms with Crippen molar-refractivity contribution < 1.29 is 19.0 Å². The Morgan fingerprint density at radius 3 is 2.46 bits per heavy atom. The van der Waals surface area contributed by atoms with Gasteiger partial charge in [0, 0.05) is 11.5 Å². The lowest BCUT2D eigenvalue weighted by Gasteiger charge is -2.11. The molecule has 5 heteroatoms. The van der Waals surface area contributed by atoms with Crippen molar-refractivity contribution in [3.63, 3.8) is 0 Å². The minimum Gasteiger partial charge on any atom is -0.497 e. The number of ether oxygens (including phenoxy) is 3. The summed E-state index contributed by atoms with van der Waals surface area (Å²) in [5.41, 5.74) is 0.894. The molecule has 0 atom stereocenters. The number of hydrogen-bond donors (Lipinski definition) is 0. The Balaban J connectivity index is 2.02. The zero-order valence-corrected chi connectivity index (χ0v) is 13.5. The van der Waals surface area contributed by atoms with E-state index in [4.69, 9.17) is 14.2 Å². The van der Waals surface area contributed by atoms with Gasteiger partial charge in [0.2, 0.25) is 0 Å². The van der Waals surface area contributed by atoms with Crippen molar-refractivity contribution in [2.24, 2.45) is 0 Å². The molecule has 3 rings (SSSR count). The van der Waals surface area contributed by atoms with E-state index < -0.39 is 5.97 Å². The molecule has 1 heterocycles. The lowest BCUT2D eigenvalue weighted by molar-refractivity contribution is 0.0519. The standard InChI is InChI=1S/C19H17NO4/c1-3-23-19(21)17-12-18(15-6-4-5-7-16(15)20-17)24-14-10-8-13(22-2)9-11-14/h4-12H,3H2,1-2H3. The van der Waals surface area contributed by atoms with E-state index in [2.05, 4.69) is 4.98 Å². The van der Waals surface area contributed by atoms with Crippen LogP contribution in [0.3, 0.4) is 0 Å². The Bertz CT molecular complexity index is 859. The number of hydrogen-bond acceptors (Lipinski definition) is 5. The van der Waals surface area contributed by atoms with Gasteiger partial charge in [-0.1, -0.05) is 12.1 Å². The molecule has 0 spiro atoms. The highest BCUT2D eigenvalue weighted by Gasteiger charge is 2.14. The van der Waals surface area contributed by atoms with Gasteiger partial charge in [-0.05, 0) is 43.3 Å². The first-order valence-electron chi connectivity index (χ1n) is 7.60. The van der Waals surface area contributed by atoms with Gasteiger partial charge in [-0.3, -0.25) is 0 Å². The van der Waals surface area contributed by atoms with Crippen LogP contribution in [-0.2, 0) is 4.74 Å². The maximum absolute atomic E-state index is 12.0. The number of pyridine rings is 1. The molecule has 5 nitrogen and oxygen atoms in total. The molecular formula is C19H17NO4. The van der Waals surface area contributed by atoms with Gasteiger partial charge >= 0.3 is 5.97 Å². The topological polar surface area (TPSA) is 57.7 Å². The number of benzene rings is 2. The molecule has 0 N–H and O–H groups in total. The molecule has 0 fully saturated rings. The van der Waals surface area contributed by atoms with Crippen molar-refractivity contribution in [3.8, 4) is 17.2 Å². The van der Waals surface area contributed by atoms with Crippen molar-refractivity contribution in [1.29, 1.82) is 0 Å². The van der Waals surface area contributed by atoms with Crippen LogP contribution < -0.4 is 9.47 Å². The molecule has 0 saturated heterocycles. The van der Waals surface area contributed by atoms with E-state index in [1.807, 2.05) is 36.4 Å². The summed E-state index contributed by atoms with van der Waals surface area (Å²) in [6.07, 6.45) is 0. The number of nitrogens with zero attached hydrogens (tertiary/aromatic N) is 1. The maximum Gasteiger partial charge on any atom is 0.357 e. The van der Waals surface area contributed by atoms with Crippen molar-refractivity contribution >= 4 is 16.9 Å². The summed E-state index contributed by atoms with van der Waals surface area (Å²) < 4.78 is 16.1. The van der Waals surface area contributed by atoms with Gasteiger partial charge in [-0.25, -0.2) is 9.78 Å². The van der Waals surface area contributed by atoms with E-state index in [0.717, 1.165) is 11.1 Å². The number of para-hydroxylation sites is 1. The summed E-state index contributed by atoms with van der Waals surface area (Å²) in [7, 11) is 1.61. The van der Waals surface area contributed by atoms with Crippen LogP contribution in [0.5, 0.6) is 17.2 Å². The number of methoxy groups -OCH3 is 1. The molecule has 0 aliphatic carbocycles. The quantitative estimate of drug-likeness (QED) is 0.658. The van der Waals surface area contributed by atoms with Crippen LogP contribution in [0.15, 0.2) is 54.6 Å². The molecule has 122 valence electrons. The first-order chi connectivity index (χ1) is 11.7. The molecule has 0 amide bonds. The first-order valence-corrected chi connectivity index (χ1v) is 7.60. The summed E-state index contributed by atoms with van der Waals surface area (Å²) in [5, 5.41) is 0.821. The van der Waals surface area contributed by atoms with Gasteiger partial charge in [-0.2, -0.15) is 0 Å². The SMILES string of the molecule is CCOC(=O)c1cc(Oc2ccc(OC)cc2)c2ccccc2n1. The molecule has 0 radical (unpaired) electrons. The Kier molecular flexibility index (Phi) is 4.61. The molecule has 0 bridgehead atoms. The summed E-state index contributed by atoms with van der Waals surface area (Å²) in [5.74, 6) is 1.47. The van der Waals surface area contributed by atoms with Gasteiger partial charge in [0.1, 0.15) is 17.2 Å². The van der Waals surface area contributed by atoms with Crippen molar-refractivity contribution in [2.75, 3.05) is 13.7 Å². The molecule has 0 aliphatic rings. The van der Waals surface area contributed by atoms with Gasteiger partial charge < -0.3 is 14.2 Å². The Labute approximate surface area is 139 Å². The normalized spacial score (nSPS) is 10.4. The van der Waals surface area contributed by atoms with E-state index in [-0.39, 0.29) is 5.69 Å². The van der Waals surface area contributed by atoms with Crippen molar-refractivity contribution in [1.82, 2.24) is 4.98 Å². The van der Waals surface area contributed by atoms with Crippen LogP contribution in [-0.4, -0.2) is 24.7 Å². The zero-order chi connectivity index (χ0) is 16.9. The average Bonchev–Trinajstić information content (AvgIpc) is 2.62. The molecule has 2 aromatic carbocycles. The fourth-order valence-electron chi connectivity index (χ4n) is 2.31. The van der Waals surface area contributed by atoms with E-state index >= 15 is 0 Å².